The Morgan fingerprint density at radius 2 is 2.00 bits per heavy atom. The van der Waals surface area contributed by atoms with Crippen LogP contribution >= 0.6 is 0 Å². The predicted molar refractivity (Wildman–Crippen MR) is 70.7 cm³/mol. The molecule has 0 heterocycles. The molecule has 92 valence electrons. The summed E-state index contributed by atoms with van der Waals surface area (Å²) in [6, 6.07) is 0. The summed E-state index contributed by atoms with van der Waals surface area (Å²) in [6.45, 7) is 11.6. The minimum absolute atomic E-state index is 0.239. The summed E-state index contributed by atoms with van der Waals surface area (Å²) in [6.07, 6.45) is 5.59. The Bertz CT molecular complexity index is 275. The third-order valence-electron chi connectivity index (χ3n) is 2.96. The standard InChI is InChI=1S/C11H23N3OSi/c1-11(2,3)16(4,5)15-10-8-6-7-9-13-14-12/h8,10H,6-7,9H2,1-5H3/b10-8-. The maximum Gasteiger partial charge on any atom is 0.249 e. The van der Waals surface area contributed by atoms with Crippen molar-refractivity contribution in [2.24, 2.45) is 5.11 Å². The first-order chi connectivity index (χ1) is 7.31. The van der Waals surface area contributed by atoms with Gasteiger partial charge < -0.3 is 4.43 Å². The Kier molecular flexibility index (Phi) is 6.22. The predicted octanol–water partition coefficient (Wildman–Crippen LogP) is 4.61. The molecule has 0 aliphatic carbocycles. The van der Waals surface area contributed by atoms with E-state index in [9.17, 15) is 0 Å². The molecule has 0 fully saturated rings. The van der Waals surface area contributed by atoms with E-state index in [2.05, 4.69) is 43.9 Å². The molecular formula is C11H23N3OSi. The Balaban J connectivity index is 3.87. The van der Waals surface area contributed by atoms with Crippen molar-refractivity contribution in [3.63, 3.8) is 0 Å². The van der Waals surface area contributed by atoms with Gasteiger partial charge in [-0.1, -0.05) is 32.0 Å². The SMILES string of the molecule is CC(C)(C)[Si](C)(C)O/C=C\CCCN=[N+]=[N-]. The molecule has 4 nitrogen and oxygen atoms in total. The van der Waals surface area contributed by atoms with Gasteiger partial charge in [-0.15, -0.1) is 0 Å². The third-order valence-corrected chi connectivity index (χ3v) is 7.29. The molecule has 0 saturated carbocycles. The zero-order valence-electron chi connectivity index (χ0n) is 11.0. The summed E-state index contributed by atoms with van der Waals surface area (Å²) in [5.74, 6) is 0. The van der Waals surface area contributed by atoms with Crippen LogP contribution in [0, 0.1) is 0 Å². The highest BCUT2D eigenvalue weighted by Crippen LogP contribution is 2.36. The average molecular weight is 241 g/mol. The number of hydrogen-bond acceptors (Lipinski definition) is 2. The van der Waals surface area contributed by atoms with Crippen LogP contribution in [0.15, 0.2) is 17.5 Å². The molecule has 0 aromatic heterocycles. The molecule has 0 radical (unpaired) electrons. The number of nitrogens with zero attached hydrogens (tertiary/aromatic N) is 3. The van der Waals surface area contributed by atoms with Crippen molar-refractivity contribution in [1.82, 2.24) is 0 Å². The average Bonchev–Trinajstić information content (AvgIpc) is 2.14. The van der Waals surface area contributed by atoms with Crippen molar-refractivity contribution < 1.29 is 4.43 Å². The quantitative estimate of drug-likeness (QED) is 0.167. The van der Waals surface area contributed by atoms with Crippen LogP contribution in [0.2, 0.25) is 18.1 Å². The highest BCUT2D eigenvalue weighted by atomic mass is 28.4. The summed E-state index contributed by atoms with van der Waals surface area (Å²) in [4.78, 5) is 2.70. The molecule has 0 aromatic carbocycles. The molecule has 0 atom stereocenters. The number of allylic oxidation sites excluding steroid dienone is 1. The largest absolute Gasteiger partial charge is 0.549 e. The van der Waals surface area contributed by atoms with Crippen molar-refractivity contribution in [2.45, 2.75) is 51.7 Å². The van der Waals surface area contributed by atoms with E-state index in [1.165, 1.54) is 0 Å². The van der Waals surface area contributed by atoms with Gasteiger partial charge in [0.25, 0.3) is 0 Å². The summed E-state index contributed by atoms with van der Waals surface area (Å²) in [5, 5.41) is 3.71. The molecule has 0 spiro atoms. The van der Waals surface area contributed by atoms with Crippen molar-refractivity contribution in [3.8, 4) is 0 Å². The first-order valence-corrected chi connectivity index (χ1v) is 8.56. The number of azide groups is 1. The van der Waals surface area contributed by atoms with Crippen LogP contribution in [0.3, 0.4) is 0 Å². The third kappa shape index (κ3) is 5.83. The summed E-state index contributed by atoms with van der Waals surface area (Å²) >= 11 is 0. The first-order valence-electron chi connectivity index (χ1n) is 5.65. The Labute approximate surface area is 99.5 Å². The minimum atomic E-state index is -1.65. The first kappa shape index (κ1) is 15.1. The van der Waals surface area contributed by atoms with E-state index in [0.29, 0.717) is 6.54 Å². The van der Waals surface area contributed by atoms with Gasteiger partial charge in [0, 0.05) is 11.5 Å². The van der Waals surface area contributed by atoms with Gasteiger partial charge in [0.1, 0.15) is 0 Å². The van der Waals surface area contributed by atoms with Crippen molar-refractivity contribution in [3.05, 3.63) is 22.8 Å². The topological polar surface area (TPSA) is 58.0 Å². The summed E-state index contributed by atoms with van der Waals surface area (Å²) in [7, 11) is -1.65. The fourth-order valence-electron chi connectivity index (χ4n) is 0.788. The van der Waals surface area contributed by atoms with Crippen LogP contribution < -0.4 is 0 Å². The molecule has 0 N–H and O–H groups in total. The zero-order valence-corrected chi connectivity index (χ0v) is 12.0. The maximum atomic E-state index is 8.09. The summed E-state index contributed by atoms with van der Waals surface area (Å²) in [5.41, 5.74) is 8.09. The second-order valence-corrected chi connectivity index (χ2v) is 10.1. The molecule has 0 unspecified atom stereocenters. The summed E-state index contributed by atoms with van der Waals surface area (Å²) < 4.78 is 5.86. The van der Waals surface area contributed by atoms with E-state index in [1.807, 2.05) is 12.3 Å². The Hall–Kier alpha value is -0.933. The molecule has 0 bridgehead atoms. The number of rotatable bonds is 6. The molecular weight excluding hydrogens is 218 g/mol. The molecule has 16 heavy (non-hydrogen) atoms. The highest BCUT2D eigenvalue weighted by molar-refractivity contribution is 6.74. The van der Waals surface area contributed by atoms with Gasteiger partial charge in [-0.25, -0.2) is 0 Å². The Morgan fingerprint density at radius 1 is 1.38 bits per heavy atom. The highest BCUT2D eigenvalue weighted by Gasteiger charge is 2.37. The maximum absolute atomic E-state index is 8.09. The normalized spacial score (nSPS) is 12.6. The monoisotopic (exact) mass is 241 g/mol. The van der Waals surface area contributed by atoms with Gasteiger partial charge in [0.05, 0.1) is 6.26 Å². The lowest BCUT2D eigenvalue weighted by atomic mass is 10.2. The minimum Gasteiger partial charge on any atom is -0.549 e. The molecule has 0 aliphatic heterocycles. The van der Waals surface area contributed by atoms with Crippen LogP contribution in [0.1, 0.15) is 33.6 Å². The molecule has 0 aliphatic rings. The lowest BCUT2D eigenvalue weighted by Gasteiger charge is -2.34. The van der Waals surface area contributed by atoms with Crippen LogP contribution in [0.4, 0.5) is 0 Å². The van der Waals surface area contributed by atoms with Gasteiger partial charge in [0.15, 0.2) is 0 Å². The lowest BCUT2D eigenvalue weighted by Crippen LogP contribution is -2.39. The van der Waals surface area contributed by atoms with Crippen LogP contribution in [-0.2, 0) is 4.43 Å². The van der Waals surface area contributed by atoms with Crippen molar-refractivity contribution >= 4 is 8.32 Å². The smallest absolute Gasteiger partial charge is 0.249 e. The van der Waals surface area contributed by atoms with Gasteiger partial charge in [-0.3, -0.25) is 0 Å². The lowest BCUT2D eigenvalue weighted by molar-refractivity contribution is 0.428. The van der Waals surface area contributed by atoms with Crippen LogP contribution in [0.5, 0.6) is 0 Å². The number of unbranched alkanes of at least 4 members (excludes halogenated alkanes) is 1. The van der Waals surface area contributed by atoms with Gasteiger partial charge >= 0.3 is 0 Å². The van der Waals surface area contributed by atoms with E-state index in [-0.39, 0.29) is 5.04 Å². The van der Waals surface area contributed by atoms with Gasteiger partial charge in [-0.2, -0.15) is 0 Å². The van der Waals surface area contributed by atoms with Crippen molar-refractivity contribution in [1.29, 1.82) is 0 Å². The Morgan fingerprint density at radius 3 is 2.50 bits per heavy atom. The van der Waals surface area contributed by atoms with Gasteiger partial charge in [0.2, 0.25) is 8.32 Å². The van der Waals surface area contributed by atoms with E-state index in [1.54, 1.807) is 0 Å². The second-order valence-electron chi connectivity index (χ2n) is 5.35. The zero-order chi connectivity index (χ0) is 12.7. The molecule has 0 amide bonds. The van der Waals surface area contributed by atoms with Crippen LogP contribution in [0.25, 0.3) is 10.4 Å². The van der Waals surface area contributed by atoms with Crippen molar-refractivity contribution in [2.75, 3.05) is 6.54 Å². The molecule has 0 saturated heterocycles. The van der Waals surface area contributed by atoms with E-state index in [0.717, 1.165) is 12.8 Å². The van der Waals surface area contributed by atoms with Gasteiger partial charge in [-0.05, 0) is 36.5 Å². The molecule has 0 rings (SSSR count). The fourth-order valence-corrected chi connectivity index (χ4v) is 1.58. The molecule has 0 aromatic rings. The molecule has 5 heteroatoms. The van der Waals surface area contributed by atoms with Crippen LogP contribution in [-0.4, -0.2) is 14.9 Å². The van der Waals surface area contributed by atoms with E-state index >= 15 is 0 Å². The van der Waals surface area contributed by atoms with E-state index < -0.39 is 8.32 Å². The fraction of sp³-hybridized carbons (Fsp3) is 0.818. The van der Waals surface area contributed by atoms with E-state index in [4.69, 9.17) is 9.96 Å². The second kappa shape index (κ2) is 6.61. The number of hydrogen-bond donors (Lipinski definition) is 0.